The number of rotatable bonds is 3. The molecule has 104 valence electrons. The van der Waals surface area contributed by atoms with Crippen LogP contribution in [-0.2, 0) is 4.79 Å². The molecular formula is C16H17NO3. The van der Waals surface area contributed by atoms with E-state index in [0.29, 0.717) is 0 Å². The highest BCUT2D eigenvalue weighted by molar-refractivity contribution is 6.05. The zero-order valence-corrected chi connectivity index (χ0v) is 11.8. The first kappa shape index (κ1) is 12.8. The summed E-state index contributed by atoms with van der Waals surface area (Å²) in [6.07, 6.45) is 1.64. The quantitative estimate of drug-likeness (QED) is 0.803. The topological polar surface area (TPSA) is 42.7 Å². The molecule has 2 aromatic rings. The number of carbonyl (C=O) groups excluding carboxylic acids is 1. The molecule has 0 unspecified atom stereocenters. The van der Waals surface area contributed by atoms with Crippen LogP contribution in [0, 0.1) is 5.41 Å². The SMILES string of the molecule is COc1ccc(N2C(=O)C(C)(C)[C@H]2c2ccco2)cc1. The molecule has 1 saturated heterocycles. The fourth-order valence-corrected chi connectivity index (χ4v) is 2.74. The predicted octanol–water partition coefficient (Wildman–Crippen LogP) is 3.40. The largest absolute Gasteiger partial charge is 0.497 e. The van der Waals surface area contributed by atoms with Gasteiger partial charge in [-0.15, -0.1) is 0 Å². The van der Waals surface area contributed by atoms with E-state index in [0.717, 1.165) is 17.2 Å². The highest BCUT2D eigenvalue weighted by Gasteiger charge is 2.56. The first-order valence-corrected chi connectivity index (χ1v) is 6.57. The molecule has 0 bridgehead atoms. The molecule has 1 aliphatic rings. The van der Waals surface area contributed by atoms with Gasteiger partial charge in [0.2, 0.25) is 5.91 Å². The molecule has 0 radical (unpaired) electrons. The summed E-state index contributed by atoms with van der Waals surface area (Å²) in [6.45, 7) is 3.89. The minimum Gasteiger partial charge on any atom is -0.497 e. The van der Waals surface area contributed by atoms with Gasteiger partial charge in [-0.05, 0) is 50.2 Å². The Morgan fingerprint density at radius 3 is 2.45 bits per heavy atom. The van der Waals surface area contributed by atoms with Gasteiger partial charge in [0.05, 0.1) is 18.8 Å². The lowest BCUT2D eigenvalue weighted by Gasteiger charge is -2.51. The van der Waals surface area contributed by atoms with E-state index in [1.807, 2.05) is 50.2 Å². The number of carbonyl (C=O) groups is 1. The lowest BCUT2D eigenvalue weighted by atomic mass is 9.72. The fraction of sp³-hybridized carbons (Fsp3) is 0.312. The molecule has 4 heteroatoms. The van der Waals surface area contributed by atoms with Crippen LogP contribution in [0.25, 0.3) is 0 Å². The van der Waals surface area contributed by atoms with Gasteiger partial charge in [0.15, 0.2) is 0 Å². The van der Waals surface area contributed by atoms with Crippen LogP contribution in [0.1, 0.15) is 25.6 Å². The Morgan fingerprint density at radius 2 is 1.90 bits per heavy atom. The van der Waals surface area contributed by atoms with Gasteiger partial charge in [-0.3, -0.25) is 4.79 Å². The van der Waals surface area contributed by atoms with E-state index >= 15 is 0 Å². The van der Waals surface area contributed by atoms with Gasteiger partial charge >= 0.3 is 0 Å². The number of amides is 1. The van der Waals surface area contributed by atoms with Crippen LogP contribution in [0.5, 0.6) is 5.75 Å². The van der Waals surface area contributed by atoms with Crippen molar-refractivity contribution in [3.63, 3.8) is 0 Å². The molecular weight excluding hydrogens is 254 g/mol. The molecule has 1 aromatic carbocycles. The second-order valence-electron chi connectivity index (χ2n) is 5.51. The van der Waals surface area contributed by atoms with Crippen molar-refractivity contribution in [3.8, 4) is 5.75 Å². The molecule has 0 aliphatic carbocycles. The standard InChI is InChI=1S/C16H17NO3/c1-16(2)14(13-5-4-10-20-13)17(15(16)18)11-6-8-12(19-3)9-7-11/h4-10,14H,1-3H3/t14-/m1/s1. The van der Waals surface area contributed by atoms with Crippen molar-refractivity contribution in [2.24, 2.45) is 5.41 Å². The molecule has 0 N–H and O–H groups in total. The Morgan fingerprint density at radius 1 is 1.20 bits per heavy atom. The zero-order valence-electron chi connectivity index (χ0n) is 11.8. The summed E-state index contributed by atoms with van der Waals surface area (Å²) in [6, 6.07) is 11.2. The molecule has 1 aromatic heterocycles. The first-order chi connectivity index (χ1) is 9.55. The van der Waals surface area contributed by atoms with E-state index in [1.54, 1.807) is 18.3 Å². The van der Waals surface area contributed by atoms with E-state index in [-0.39, 0.29) is 11.9 Å². The van der Waals surface area contributed by atoms with Crippen LogP contribution in [-0.4, -0.2) is 13.0 Å². The summed E-state index contributed by atoms with van der Waals surface area (Å²) in [5.41, 5.74) is 0.411. The highest BCUT2D eigenvalue weighted by Crippen LogP contribution is 2.51. The Hall–Kier alpha value is -2.23. The number of benzene rings is 1. The molecule has 4 nitrogen and oxygen atoms in total. The van der Waals surface area contributed by atoms with Gasteiger partial charge in [0.25, 0.3) is 0 Å². The monoisotopic (exact) mass is 271 g/mol. The van der Waals surface area contributed by atoms with Crippen molar-refractivity contribution in [3.05, 3.63) is 48.4 Å². The van der Waals surface area contributed by atoms with Crippen LogP contribution in [0.15, 0.2) is 47.1 Å². The summed E-state index contributed by atoms with van der Waals surface area (Å²) in [7, 11) is 1.62. The molecule has 3 rings (SSSR count). The first-order valence-electron chi connectivity index (χ1n) is 6.57. The normalized spacial score (nSPS) is 20.6. The number of methoxy groups -OCH3 is 1. The highest BCUT2D eigenvalue weighted by atomic mass is 16.5. The third-order valence-electron chi connectivity index (χ3n) is 3.88. The maximum Gasteiger partial charge on any atom is 0.235 e. The molecule has 1 aliphatic heterocycles. The van der Waals surface area contributed by atoms with Crippen LogP contribution >= 0.6 is 0 Å². The van der Waals surface area contributed by atoms with Crippen molar-refractivity contribution >= 4 is 11.6 Å². The number of anilines is 1. The molecule has 0 spiro atoms. The second-order valence-corrected chi connectivity index (χ2v) is 5.51. The van der Waals surface area contributed by atoms with Gasteiger partial charge in [-0.1, -0.05) is 0 Å². The molecule has 1 atom stereocenters. The Labute approximate surface area is 118 Å². The summed E-state index contributed by atoms with van der Waals surface area (Å²) in [5.74, 6) is 1.69. The van der Waals surface area contributed by atoms with E-state index in [1.165, 1.54) is 0 Å². The second kappa shape index (κ2) is 4.40. The van der Waals surface area contributed by atoms with Crippen molar-refractivity contribution in [2.45, 2.75) is 19.9 Å². The third-order valence-corrected chi connectivity index (χ3v) is 3.88. The maximum absolute atomic E-state index is 12.4. The molecule has 2 heterocycles. The van der Waals surface area contributed by atoms with E-state index in [2.05, 4.69) is 0 Å². The number of hydrogen-bond donors (Lipinski definition) is 0. The van der Waals surface area contributed by atoms with Crippen LogP contribution in [0.3, 0.4) is 0 Å². The van der Waals surface area contributed by atoms with Crippen molar-refractivity contribution in [2.75, 3.05) is 12.0 Å². The molecule has 0 saturated carbocycles. The Bertz CT molecular complexity index is 614. The molecule has 20 heavy (non-hydrogen) atoms. The van der Waals surface area contributed by atoms with Crippen LogP contribution in [0.4, 0.5) is 5.69 Å². The van der Waals surface area contributed by atoms with Crippen molar-refractivity contribution in [1.82, 2.24) is 0 Å². The van der Waals surface area contributed by atoms with E-state index < -0.39 is 5.41 Å². The van der Waals surface area contributed by atoms with Crippen molar-refractivity contribution < 1.29 is 13.9 Å². The van der Waals surface area contributed by atoms with Crippen LogP contribution < -0.4 is 9.64 Å². The summed E-state index contributed by atoms with van der Waals surface area (Å²) in [4.78, 5) is 14.2. The van der Waals surface area contributed by atoms with Gasteiger partial charge in [0, 0.05) is 5.69 Å². The average Bonchev–Trinajstić information content (AvgIpc) is 2.97. The van der Waals surface area contributed by atoms with Gasteiger partial charge < -0.3 is 14.1 Å². The van der Waals surface area contributed by atoms with E-state index in [9.17, 15) is 4.79 Å². The molecule has 1 fully saturated rings. The summed E-state index contributed by atoms with van der Waals surface area (Å²) < 4.78 is 10.6. The van der Waals surface area contributed by atoms with Gasteiger partial charge in [-0.25, -0.2) is 0 Å². The Balaban J connectivity index is 1.97. The smallest absolute Gasteiger partial charge is 0.235 e. The molecule has 1 amide bonds. The third kappa shape index (κ3) is 1.72. The minimum absolute atomic E-state index is 0.0709. The number of ether oxygens (including phenoxy) is 1. The lowest BCUT2D eigenvalue weighted by molar-refractivity contribution is -0.138. The minimum atomic E-state index is -0.447. The van der Waals surface area contributed by atoms with E-state index in [4.69, 9.17) is 9.15 Å². The number of β-lactam (4-membered cyclic amide) rings is 1. The number of hydrogen-bond acceptors (Lipinski definition) is 3. The zero-order chi connectivity index (χ0) is 14.3. The summed E-state index contributed by atoms with van der Waals surface area (Å²) in [5, 5.41) is 0. The number of furan rings is 1. The maximum atomic E-state index is 12.4. The lowest BCUT2D eigenvalue weighted by Crippen LogP contribution is -2.60. The fourth-order valence-electron chi connectivity index (χ4n) is 2.74. The Kier molecular flexibility index (Phi) is 2.82. The van der Waals surface area contributed by atoms with Crippen LogP contribution in [0.2, 0.25) is 0 Å². The average molecular weight is 271 g/mol. The van der Waals surface area contributed by atoms with Crippen molar-refractivity contribution in [1.29, 1.82) is 0 Å². The predicted molar refractivity (Wildman–Crippen MR) is 75.7 cm³/mol. The summed E-state index contributed by atoms with van der Waals surface area (Å²) >= 11 is 0. The number of nitrogens with zero attached hydrogens (tertiary/aromatic N) is 1. The van der Waals surface area contributed by atoms with Gasteiger partial charge in [0.1, 0.15) is 17.6 Å². The van der Waals surface area contributed by atoms with Gasteiger partial charge in [-0.2, -0.15) is 0 Å².